The molecule has 0 aliphatic rings. The van der Waals surface area contributed by atoms with Gasteiger partial charge in [-0.1, -0.05) is 0 Å². The molecule has 1 N–H and O–H groups in total. The monoisotopic (exact) mass is 466 g/mol. The van der Waals surface area contributed by atoms with Gasteiger partial charge < -0.3 is 14.2 Å². The third-order valence-corrected chi connectivity index (χ3v) is 5.07. The molecule has 0 fully saturated rings. The average molecular weight is 467 g/mol. The van der Waals surface area contributed by atoms with Crippen molar-refractivity contribution in [2.24, 2.45) is 0 Å². The van der Waals surface area contributed by atoms with E-state index in [1.54, 1.807) is 20.3 Å². The molecule has 9 heteroatoms. The van der Waals surface area contributed by atoms with Gasteiger partial charge in [0.15, 0.2) is 11.7 Å². The summed E-state index contributed by atoms with van der Waals surface area (Å²) in [5, 5.41) is 4.93. The molecule has 0 spiro atoms. The summed E-state index contributed by atoms with van der Waals surface area (Å²) in [6.07, 6.45) is 0. The first-order valence-corrected chi connectivity index (χ1v) is 9.73. The largest absolute Gasteiger partial charge is 0.497 e. The number of benzene rings is 2. The molecule has 3 rings (SSSR count). The van der Waals surface area contributed by atoms with Crippen LogP contribution in [0.15, 0.2) is 46.3 Å². The summed E-state index contributed by atoms with van der Waals surface area (Å²) in [6, 6.07) is 9.39. The zero-order chi connectivity index (χ0) is 20.1. The molecule has 0 unspecified atom stereocenters. The van der Waals surface area contributed by atoms with Crippen LogP contribution in [-0.2, 0) is 4.79 Å². The van der Waals surface area contributed by atoms with E-state index in [4.69, 9.17) is 14.2 Å². The minimum absolute atomic E-state index is 0.231. The number of nitrogens with one attached hydrogen (secondary N) is 1. The highest BCUT2D eigenvalue weighted by Crippen LogP contribution is 2.34. The van der Waals surface area contributed by atoms with Gasteiger partial charge in [0.2, 0.25) is 0 Å². The van der Waals surface area contributed by atoms with Gasteiger partial charge in [-0.2, -0.15) is 0 Å². The summed E-state index contributed by atoms with van der Waals surface area (Å²) in [4.78, 5) is 16.5. The molecule has 0 saturated carbocycles. The quantitative estimate of drug-likeness (QED) is 0.544. The number of amides is 1. The molecule has 2 aromatic carbocycles. The van der Waals surface area contributed by atoms with Crippen LogP contribution in [0.1, 0.15) is 0 Å². The number of carbonyl (C=O) groups is 1. The molecule has 3 aromatic rings. The van der Waals surface area contributed by atoms with Gasteiger partial charge in [0.1, 0.15) is 23.1 Å². The van der Waals surface area contributed by atoms with Crippen molar-refractivity contribution in [1.82, 2.24) is 4.98 Å². The normalized spacial score (nSPS) is 10.4. The fraction of sp³-hybridized carbons (Fsp3) is 0.158. The van der Waals surface area contributed by atoms with Gasteiger partial charge in [0, 0.05) is 17.0 Å². The summed E-state index contributed by atoms with van der Waals surface area (Å²) in [5.74, 6) is 0.895. The maximum absolute atomic E-state index is 13.1. The Morgan fingerprint density at radius 1 is 1.18 bits per heavy atom. The van der Waals surface area contributed by atoms with Gasteiger partial charge in [-0.15, -0.1) is 11.3 Å². The molecule has 0 bridgehead atoms. The molecular formula is C19H16BrFN2O4S. The zero-order valence-corrected chi connectivity index (χ0v) is 17.4. The fourth-order valence-electron chi connectivity index (χ4n) is 2.36. The van der Waals surface area contributed by atoms with Crippen molar-refractivity contribution in [3.63, 3.8) is 0 Å². The average Bonchev–Trinajstić information content (AvgIpc) is 3.14. The van der Waals surface area contributed by atoms with Gasteiger partial charge in [0.05, 0.1) is 24.4 Å². The third-order valence-electron chi connectivity index (χ3n) is 3.69. The van der Waals surface area contributed by atoms with Gasteiger partial charge >= 0.3 is 0 Å². The number of hydrogen-bond donors (Lipinski definition) is 1. The molecule has 0 aliphatic heterocycles. The highest BCUT2D eigenvalue weighted by atomic mass is 79.9. The molecule has 1 aromatic heterocycles. The van der Waals surface area contributed by atoms with Crippen LogP contribution >= 0.6 is 27.3 Å². The van der Waals surface area contributed by atoms with Crippen molar-refractivity contribution in [2.45, 2.75) is 0 Å². The summed E-state index contributed by atoms with van der Waals surface area (Å²) >= 11 is 4.47. The second-order valence-corrected chi connectivity index (χ2v) is 7.23. The maximum atomic E-state index is 13.1. The van der Waals surface area contributed by atoms with Gasteiger partial charge in [-0.05, 0) is 46.3 Å². The number of anilines is 1. The summed E-state index contributed by atoms with van der Waals surface area (Å²) < 4.78 is 29.5. The predicted octanol–water partition coefficient (Wildman–Crippen LogP) is 4.75. The van der Waals surface area contributed by atoms with Crippen molar-refractivity contribution >= 4 is 38.3 Å². The van der Waals surface area contributed by atoms with E-state index >= 15 is 0 Å². The number of ether oxygens (including phenoxy) is 3. The molecule has 0 saturated heterocycles. The number of thiazole rings is 1. The van der Waals surface area contributed by atoms with E-state index in [2.05, 4.69) is 26.2 Å². The first kappa shape index (κ1) is 20.1. The lowest BCUT2D eigenvalue weighted by Crippen LogP contribution is -2.20. The molecule has 0 radical (unpaired) electrons. The lowest BCUT2D eigenvalue weighted by molar-refractivity contribution is -0.118. The predicted molar refractivity (Wildman–Crippen MR) is 109 cm³/mol. The second kappa shape index (κ2) is 9.03. The number of halogens is 2. The molecule has 0 atom stereocenters. The van der Waals surface area contributed by atoms with Crippen LogP contribution in [0.2, 0.25) is 0 Å². The minimum Gasteiger partial charge on any atom is -0.497 e. The van der Waals surface area contributed by atoms with Gasteiger partial charge in [-0.3, -0.25) is 10.1 Å². The summed E-state index contributed by atoms with van der Waals surface area (Å²) in [6.45, 7) is -0.231. The Kier molecular flexibility index (Phi) is 6.48. The van der Waals surface area contributed by atoms with Crippen LogP contribution in [-0.4, -0.2) is 31.7 Å². The molecular weight excluding hydrogens is 451 g/mol. The highest BCUT2D eigenvalue weighted by molar-refractivity contribution is 9.10. The number of aromatic nitrogens is 1. The minimum atomic E-state index is -0.395. The first-order valence-electron chi connectivity index (χ1n) is 8.05. The molecule has 146 valence electrons. The van der Waals surface area contributed by atoms with E-state index < -0.39 is 5.82 Å². The van der Waals surface area contributed by atoms with Crippen LogP contribution < -0.4 is 19.5 Å². The Hall–Kier alpha value is -2.65. The van der Waals surface area contributed by atoms with E-state index in [9.17, 15) is 9.18 Å². The SMILES string of the molecule is COc1ccc(-c2csc(NC(=O)COc3ccc(F)cc3Br)n2)c(OC)c1. The van der Waals surface area contributed by atoms with E-state index in [-0.39, 0.29) is 12.5 Å². The van der Waals surface area contributed by atoms with E-state index in [1.165, 1.54) is 29.5 Å². The van der Waals surface area contributed by atoms with Crippen molar-refractivity contribution in [1.29, 1.82) is 0 Å². The fourth-order valence-corrected chi connectivity index (χ4v) is 3.55. The van der Waals surface area contributed by atoms with E-state index in [0.717, 1.165) is 5.56 Å². The zero-order valence-electron chi connectivity index (χ0n) is 15.0. The number of nitrogens with zero attached hydrogens (tertiary/aromatic N) is 1. The topological polar surface area (TPSA) is 69.7 Å². The second-order valence-electron chi connectivity index (χ2n) is 5.52. The Morgan fingerprint density at radius 2 is 2.00 bits per heavy atom. The lowest BCUT2D eigenvalue weighted by atomic mass is 10.1. The highest BCUT2D eigenvalue weighted by Gasteiger charge is 2.13. The van der Waals surface area contributed by atoms with Crippen LogP contribution in [0.3, 0.4) is 0 Å². The molecule has 1 heterocycles. The van der Waals surface area contributed by atoms with Crippen molar-refractivity contribution in [2.75, 3.05) is 26.1 Å². The van der Waals surface area contributed by atoms with E-state index in [1.807, 2.05) is 17.5 Å². The maximum Gasteiger partial charge on any atom is 0.264 e. The smallest absolute Gasteiger partial charge is 0.264 e. The number of hydrogen-bond acceptors (Lipinski definition) is 6. The van der Waals surface area contributed by atoms with Gasteiger partial charge in [0.25, 0.3) is 5.91 Å². The Balaban J connectivity index is 1.65. The molecule has 0 aliphatic carbocycles. The lowest BCUT2D eigenvalue weighted by Gasteiger charge is -2.08. The van der Waals surface area contributed by atoms with Crippen molar-refractivity contribution < 1.29 is 23.4 Å². The first-order chi connectivity index (χ1) is 13.5. The van der Waals surface area contributed by atoms with Crippen LogP contribution in [0.25, 0.3) is 11.3 Å². The van der Waals surface area contributed by atoms with E-state index in [0.29, 0.717) is 32.5 Å². The van der Waals surface area contributed by atoms with Crippen LogP contribution in [0.5, 0.6) is 17.2 Å². The molecule has 1 amide bonds. The van der Waals surface area contributed by atoms with Crippen LogP contribution in [0.4, 0.5) is 9.52 Å². The standard InChI is InChI=1S/C19H16BrFN2O4S/c1-25-12-4-5-13(17(8-12)26-2)15-10-28-19(22-15)23-18(24)9-27-16-6-3-11(21)7-14(16)20/h3-8,10H,9H2,1-2H3,(H,22,23,24). The summed E-state index contributed by atoms with van der Waals surface area (Å²) in [7, 11) is 3.15. The Labute approximate surface area is 173 Å². The van der Waals surface area contributed by atoms with Crippen LogP contribution in [0, 0.1) is 5.82 Å². The molecule has 6 nitrogen and oxygen atoms in total. The molecule has 28 heavy (non-hydrogen) atoms. The van der Waals surface area contributed by atoms with Gasteiger partial charge in [-0.25, -0.2) is 9.37 Å². The Bertz CT molecular complexity index is 996. The van der Waals surface area contributed by atoms with Crippen molar-refractivity contribution in [3.05, 3.63) is 52.1 Å². The van der Waals surface area contributed by atoms with Crippen molar-refractivity contribution in [3.8, 4) is 28.5 Å². The number of rotatable bonds is 7. The Morgan fingerprint density at radius 3 is 2.71 bits per heavy atom. The summed E-state index contributed by atoms with van der Waals surface area (Å²) in [5.41, 5.74) is 1.45. The third kappa shape index (κ3) is 4.79. The number of methoxy groups -OCH3 is 2. The number of carbonyl (C=O) groups excluding carboxylic acids is 1.